The topological polar surface area (TPSA) is 734 Å². The zero-order valence-corrected chi connectivity index (χ0v) is 83.1. The maximum atomic E-state index is 14.7. The largest absolute Gasteiger partial charge is 0.481 e. The highest BCUT2D eigenvalue weighted by molar-refractivity contribution is 6.05. The molecule has 47 heteroatoms. The summed E-state index contributed by atoms with van der Waals surface area (Å²) in [6.45, 7) is 27.5. The number of carbonyl (C=O) groups excluding carboxylic acids is 20. The van der Waals surface area contributed by atoms with E-state index in [0.717, 1.165) is 6.08 Å². The number of likely N-dealkylation sites (tertiary alicyclic amines) is 1. The summed E-state index contributed by atoms with van der Waals surface area (Å²) in [6, 6.07) is -24.3. The number of aliphatic hydroxyl groups is 3. The Morgan fingerprint density at radius 1 is 0.464 bits per heavy atom. The Morgan fingerprint density at radius 2 is 0.884 bits per heavy atom. The highest BCUT2D eigenvalue weighted by Crippen LogP contribution is 2.23. The summed E-state index contributed by atoms with van der Waals surface area (Å²) in [5, 5.41) is 83.2. The lowest BCUT2D eigenvalue weighted by molar-refractivity contribution is -0.156. The van der Waals surface area contributed by atoms with E-state index in [9.17, 15) is 116 Å². The molecule has 2 fully saturated rings. The molecule has 2 heterocycles. The number of nitrogens with two attached hydrogens (primary N) is 3. The normalized spacial score (nSPS) is 19.9. The van der Waals surface area contributed by atoms with Crippen molar-refractivity contribution in [1.82, 2.24) is 95.3 Å². The van der Waals surface area contributed by atoms with Crippen LogP contribution in [-0.4, -0.2) is 292 Å². The summed E-state index contributed by atoms with van der Waals surface area (Å²) in [7, 11) is 0. The molecule has 2 aliphatic rings. The molecule has 0 radical (unpaired) electrons. The van der Waals surface area contributed by atoms with Crippen LogP contribution in [0.5, 0.6) is 0 Å². The summed E-state index contributed by atoms with van der Waals surface area (Å²) in [5.41, 5.74) is 16.5. The monoisotopic (exact) mass is 1960 g/mol. The van der Waals surface area contributed by atoms with E-state index in [-0.39, 0.29) is 120 Å². The minimum absolute atomic E-state index is 0.00111. The van der Waals surface area contributed by atoms with Crippen molar-refractivity contribution in [2.45, 2.75) is 337 Å². The molecule has 2 rings (SSSR count). The number of hydrogen-bond acceptors (Lipinski definition) is 27. The third kappa shape index (κ3) is 41.1. The third-order valence-corrected chi connectivity index (χ3v) is 23.0. The van der Waals surface area contributed by atoms with Gasteiger partial charge in [-0.3, -0.25) is 95.9 Å². The molecule has 2 saturated heterocycles. The van der Waals surface area contributed by atoms with Crippen LogP contribution in [0.25, 0.3) is 0 Å². The van der Waals surface area contributed by atoms with Gasteiger partial charge in [-0.15, -0.1) is 0 Å². The molecule has 0 bridgehead atoms. The molecule has 47 nitrogen and oxygen atoms in total. The van der Waals surface area contributed by atoms with Gasteiger partial charge in [0.2, 0.25) is 100 Å². The van der Waals surface area contributed by atoms with Crippen molar-refractivity contribution in [3.63, 3.8) is 0 Å². The lowest BCUT2D eigenvalue weighted by Gasteiger charge is -2.32. The fourth-order valence-corrected chi connectivity index (χ4v) is 14.8. The van der Waals surface area contributed by atoms with Crippen molar-refractivity contribution in [2.75, 3.05) is 39.5 Å². The fraction of sp³-hybridized carbons (Fsp3) is 0.725. The summed E-state index contributed by atoms with van der Waals surface area (Å²) >= 11 is 0. The minimum Gasteiger partial charge on any atom is -0.481 e. The number of carboxylic acid groups (broad SMARTS) is 1. The van der Waals surface area contributed by atoms with Gasteiger partial charge < -0.3 is 138 Å². The molecule has 0 unspecified atom stereocenters. The number of aliphatic hydroxyl groups excluding tert-OH is 3. The van der Waals surface area contributed by atoms with Gasteiger partial charge >= 0.3 is 11.9 Å². The lowest BCUT2D eigenvalue weighted by atomic mass is 9.96. The Hall–Kier alpha value is -11.8. The van der Waals surface area contributed by atoms with Crippen LogP contribution in [-0.2, 0) is 105 Å². The number of amides is 19. The fourth-order valence-electron chi connectivity index (χ4n) is 14.8. The Labute approximate surface area is 806 Å². The number of aliphatic carboxylic acids is 1. The van der Waals surface area contributed by atoms with Gasteiger partial charge in [-0.1, -0.05) is 129 Å². The Balaban J connectivity index is 2.46. The van der Waals surface area contributed by atoms with Crippen LogP contribution in [0.4, 0.5) is 0 Å². The number of primary amides is 1. The zero-order chi connectivity index (χ0) is 105. The van der Waals surface area contributed by atoms with Crippen molar-refractivity contribution < 1.29 is 126 Å². The average molecular weight is 1960 g/mol. The molecule has 780 valence electrons. The van der Waals surface area contributed by atoms with Crippen LogP contribution in [0, 0.1) is 47.3 Å². The molecule has 0 aromatic carbocycles. The average Bonchev–Trinajstić information content (AvgIpc) is 1.80. The smallest absolute Gasteiger partial charge is 0.328 e. The summed E-state index contributed by atoms with van der Waals surface area (Å²) in [4.78, 5) is 294. The van der Waals surface area contributed by atoms with Crippen molar-refractivity contribution >= 4 is 124 Å². The number of carbonyl (C=O) groups is 21. The van der Waals surface area contributed by atoms with Crippen LogP contribution in [0.15, 0.2) is 23.5 Å². The first kappa shape index (κ1) is 122. The number of unbranched alkanes of at least 4 members (excludes halogenated alkanes) is 1. The van der Waals surface area contributed by atoms with E-state index in [0.29, 0.717) is 12.8 Å². The standard InChI is InChI=1S/C91H155N21O26/c1-20-51(18)72-88(134)99-57(34-38-113)77(123)97-56(33-36-93)76(122)100-58(27-23-24-35-92)91(137)138-52(19)73(89(135)110-72)111-74(120)53(21-2)96-84(130)68(47(10)11)106-78(124)59(39-44(4)5)101-75(121)55(31-32-65(94)116)98-85(131)70(49(14)15)109-87(133)71(50(16)17)108-80(126)61(41-46(8)9)103-82(128)63(43-115)105-86(132)69(48(12)13)107-79(125)60(40-45(6)7)102-81(127)62(42-114)104-83(129)64-28-26-37-112(64)90(136)54(22-3)95-66(117)29-25-30-67(118)119/h21-22,44-52,55-64,68-73,113-115H,20,23-43,92-93H2,1-19H3,(H2,94,116)(H,95,117)(H,96,130)(H,97,123)(H,98,131)(H,99,134)(H,100,122)(H,101,121)(H,102,127)(H,103,128)(H,104,129)(H,105,132)(H,106,124)(H,107,125)(H,108,126)(H,109,133)(H,110,135)(H,111,120)(H,118,119)/b53-21-,54-22-/t51-,52+,55+,56+,57-,58-,59-,60+,61+,62+,63+,64+,68+,69+,70-,71+,72-,73+/m0/s1. The summed E-state index contributed by atoms with van der Waals surface area (Å²) < 4.78 is 5.83. The molecule has 0 aromatic rings. The van der Waals surface area contributed by atoms with E-state index >= 15 is 0 Å². The van der Waals surface area contributed by atoms with Gasteiger partial charge in [-0.2, -0.15) is 0 Å². The Bertz CT molecular complexity index is 4240. The molecule has 18 atom stereocenters. The van der Waals surface area contributed by atoms with Gasteiger partial charge in [-0.25, -0.2) is 4.79 Å². The summed E-state index contributed by atoms with van der Waals surface area (Å²) in [6.07, 6.45) is -0.0482. The van der Waals surface area contributed by atoms with E-state index in [2.05, 4.69) is 90.4 Å². The molecule has 138 heavy (non-hydrogen) atoms. The summed E-state index contributed by atoms with van der Waals surface area (Å²) in [5.74, 6) is -25.0. The zero-order valence-electron chi connectivity index (χ0n) is 83.1. The van der Waals surface area contributed by atoms with Gasteiger partial charge in [0.05, 0.1) is 13.2 Å². The third-order valence-electron chi connectivity index (χ3n) is 23.0. The van der Waals surface area contributed by atoms with Crippen LogP contribution in [0.2, 0.25) is 0 Å². The number of nitrogens with zero attached hydrogens (tertiary/aromatic N) is 1. The van der Waals surface area contributed by atoms with E-state index in [1.54, 1.807) is 69.2 Å². The number of ether oxygens (including phenoxy) is 1. The lowest BCUT2D eigenvalue weighted by Crippen LogP contribution is -2.63. The van der Waals surface area contributed by atoms with Crippen molar-refractivity contribution in [3.05, 3.63) is 23.5 Å². The van der Waals surface area contributed by atoms with Crippen LogP contribution >= 0.6 is 0 Å². The molecule has 0 saturated carbocycles. The molecule has 0 aromatic heterocycles. The van der Waals surface area contributed by atoms with Gasteiger partial charge in [0.25, 0.3) is 11.8 Å². The van der Waals surface area contributed by atoms with E-state index < -0.39 is 295 Å². The van der Waals surface area contributed by atoms with Crippen LogP contribution < -0.4 is 108 Å². The Morgan fingerprint density at radius 3 is 1.31 bits per heavy atom. The van der Waals surface area contributed by atoms with Gasteiger partial charge in [-0.05, 0) is 158 Å². The van der Waals surface area contributed by atoms with Crippen LogP contribution in [0.3, 0.4) is 0 Å². The predicted octanol–water partition coefficient (Wildman–Crippen LogP) is -4.59. The van der Waals surface area contributed by atoms with E-state index in [1.165, 1.54) is 73.3 Å². The highest BCUT2D eigenvalue weighted by atomic mass is 16.5. The number of allylic oxidation sites excluding steroid dienone is 2. The van der Waals surface area contributed by atoms with E-state index in [1.807, 2.05) is 0 Å². The highest BCUT2D eigenvalue weighted by Gasteiger charge is 2.44. The molecule has 2 aliphatic heterocycles. The molecular formula is C91H155N21O26. The number of esters is 1. The first-order chi connectivity index (χ1) is 64.7. The Kier molecular flexibility index (Phi) is 54.4. The molecule has 0 spiro atoms. The van der Waals surface area contributed by atoms with Gasteiger partial charge in [0.1, 0.15) is 114 Å². The second kappa shape index (κ2) is 61.5. The maximum Gasteiger partial charge on any atom is 0.328 e. The van der Waals surface area contributed by atoms with Gasteiger partial charge in [0, 0.05) is 32.4 Å². The van der Waals surface area contributed by atoms with Crippen molar-refractivity contribution in [3.8, 4) is 0 Å². The minimum atomic E-state index is -1.89. The predicted molar refractivity (Wildman–Crippen MR) is 503 cm³/mol. The number of rotatable bonds is 55. The molecule has 19 amide bonds. The van der Waals surface area contributed by atoms with E-state index in [4.69, 9.17) is 27.0 Å². The number of cyclic esters (lactones) is 1. The van der Waals surface area contributed by atoms with Crippen molar-refractivity contribution in [2.24, 2.45) is 64.5 Å². The number of nitrogens with one attached hydrogen (secondary N) is 17. The maximum absolute atomic E-state index is 14.7. The quantitative estimate of drug-likeness (QED) is 0.0155. The SMILES string of the molecule is C/C=C(\NC(=O)[C@H](NC(=O)[C@H](CC(C)C)NC(=O)[C@@H](CCC(N)=O)NC(=O)[C@@H](NC(=O)[C@H](NC(=O)[C@@H](CC(C)C)NC(=O)[C@@H](CO)NC(=O)[C@H](NC(=O)[C@@H](CC(C)C)NC(=O)[C@@H](CO)NC(=O)[C@H]1CCCN1C(=O)/C(=C/C)NC(=O)CCCC(=O)O)C(C)C)C(C)C)C(C)C)C(C)C)C(=O)N[C@H]1C(=O)N[C@@H]([C@@H](C)CC)C(=O)N[C@@H](CCO)C(=O)N[C@H](CCN)C(=O)N[C@@H](CCCCN)C(=O)O[C@@H]1C. The van der Waals surface area contributed by atoms with Crippen LogP contribution in [0.1, 0.15) is 234 Å². The van der Waals surface area contributed by atoms with Gasteiger partial charge in [0.15, 0.2) is 0 Å². The molecular weight excluding hydrogens is 1800 g/mol. The number of carboxylic acids is 1. The van der Waals surface area contributed by atoms with Crippen molar-refractivity contribution in [1.29, 1.82) is 0 Å². The second-order valence-corrected chi connectivity index (χ2v) is 37.4. The first-order valence-electron chi connectivity index (χ1n) is 47.5. The molecule has 0 aliphatic carbocycles. The number of hydrogen-bond donors (Lipinski definition) is 24. The second-order valence-electron chi connectivity index (χ2n) is 37.4. The molecule has 27 N–H and O–H groups in total. The first-order valence-corrected chi connectivity index (χ1v) is 47.5.